The van der Waals surface area contributed by atoms with Crippen LogP contribution in [0.4, 0.5) is 5.69 Å². The van der Waals surface area contributed by atoms with Crippen molar-refractivity contribution in [2.24, 2.45) is 23.1 Å². The summed E-state index contributed by atoms with van der Waals surface area (Å²) in [6.07, 6.45) is 12.6. The lowest BCUT2D eigenvalue weighted by Crippen LogP contribution is -2.47. The molecule has 12 nitrogen and oxygen atoms in total. The first kappa shape index (κ1) is 47.5. The number of aryl methyl sites for hydroxylation is 1. The fourth-order valence-corrected chi connectivity index (χ4v) is 9.46. The van der Waals surface area contributed by atoms with Crippen molar-refractivity contribution >= 4 is 34.4 Å². The van der Waals surface area contributed by atoms with Gasteiger partial charge in [-0.05, 0) is 98.7 Å². The average molecular weight is 875 g/mol. The molecule has 12 heteroatoms. The molecular formula is C52H74N8O4. The second-order valence-electron chi connectivity index (χ2n) is 19.5. The van der Waals surface area contributed by atoms with Gasteiger partial charge in [0.05, 0.1) is 60.2 Å². The number of nitrogens with two attached hydrogens (primary N) is 1. The number of carbonyl (C=O) groups is 2. The highest BCUT2D eigenvalue weighted by Crippen LogP contribution is 2.43. The summed E-state index contributed by atoms with van der Waals surface area (Å²) in [6, 6.07) is 13.3. The van der Waals surface area contributed by atoms with E-state index in [9.17, 15) is 9.59 Å². The zero-order chi connectivity index (χ0) is 45.5. The van der Waals surface area contributed by atoms with Gasteiger partial charge < -0.3 is 24.3 Å². The van der Waals surface area contributed by atoms with Crippen molar-refractivity contribution < 1.29 is 19.1 Å². The van der Waals surface area contributed by atoms with Crippen molar-refractivity contribution in [3.8, 4) is 22.5 Å². The topological polar surface area (TPSA) is 140 Å². The zero-order valence-electron chi connectivity index (χ0n) is 39.8. The molecule has 1 aliphatic carbocycles. The Hall–Kier alpha value is -4.46. The fourth-order valence-electron chi connectivity index (χ4n) is 9.46. The normalized spacial score (nSPS) is 20.2. The van der Waals surface area contributed by atoms with Crippen molar-refractivity contribution in [2.45, 2.75) is 125 Å². The van der Waals surface area contributed by atoms with E-state index in [1.54, 1.807) is 7.11 Å². The van der Waals surface area contributed by atoms with Crippen molar-refractivity contribution in [1.82, 2.24) is 30.2 Å². The van der Waals surface area contributed by atoms with E-state index in [0.29, 0.717) is 26.0 Å². The molecule has 0 radical (unpaired) electrons. The highest BCUT2D eigenvalue weighted by Gasteiger charge is 2.33. The maximum absolute atomic E-state index is 13.9. The van der Waals surface area contributed by atoms with Crippen LogP contribution in [-0.4, -0.2) is 96.3 Å². The fraction of sp³-hybridized carbons (Fsp3) is 0.577. The van der Waals surface area contributed by atoms with Crippen LogP contribution in [0.3, 0.4) is 0 Å². The van der Waals surface area contributed by atoms with E-state index in [1.807, 2.05) is 26.0 Å². The monoisotopic (exact) mass is 875 g/mol. The van der Waals surface area contributed by atoms with Crippen LogP contribution in [0.5, 0.6) is 0 Å². The number of nitrogens with zero attached hydrogens (tertiary/aromatic N) is 5. The third-order valence-electron chi connectivity index (χ3n) is 14.0. The van der Waals surface area contributed by atoms with Gasteiger partial charge in [-0.3, -0.25) is 35.7 Å². The highest BCUT2D eigenvalue weighted by molar-refractivity contribution is 5.95. The summed E-state index contributed by atoms with van der Waals surface area (Å²) in [5.41, 5.74) is 13.1. The lowest BCUT2D eigenvalue weighted by Gasteiger charge is -2.36. The maximum atomic E-state index is 13.9. The Labute approximate surface area is 381 Å². The second-order valence-corrected chi connectivity index (χ2v) is 19.5. The molecule has 2 fully saturated rings. The molecule has 3 aliphatic rings. The summed E-state index contributed by atoms with van der Waals surface area (Å²) in [5.74, 6) is 4.99. The smallest absolute Gasteiger partial charge is 0.226 e. The molecule has 64 heavy (non-hydrogen) atoms. The molecule has 346 valence electrons. The molecule has 1 saturated heterocycles. The van der Waals surface area contributed by atoms with Crippen LogP contribution in [0.15, 0.2) is 48.7 Å². The number of methoxy groups -OCH3 is 1. The molecule has 3 atom stereocenters. The number of unbranched alkanes of at least 4 members (excludes halogenated alkanes) is 1. The Kier molecular flexibility index (Phi) is 15.8. The van der Waals surface area contributed by atoms with Gasteiger partial charge in [-0.2, -0.15) is 0 Å². The molecule has 2 unspecified atom stereocenters. The van der Waals surface area contributed by atoms with Gasteiger partial charge in [0.1, 0.15) is 0 Å². The molecule has 4 aromatic rings. The summed E-state index contributed by atoms with van der Waals surface area (Å²) in [6.45, 7) is 21.6. The molecule has 1 amide bonds. The van der Waals surface area contributed by atoms with E-state index >= 15 is 0 Å². The van der Waals surface area contributed by atoms with Gasteiger partial charge in [-0.1, -0.05) is 59.3 Å². The molecule has 2 aliphatic heterocycles. The lowest BCUT2D eigenvalue weighted by atomic mass is 9.81. The standard InChI is InChI=1S/C52H74N8O4/c1-9-52(6,7)31-43-41-28-37(45-27-36-14-13-25-64-33-44(34(3)4)51(62)57-46(29-38(26-36)56-45)48(61)15-11-12-20-55-53)16-19-47(41)60(10-2)50(43)42-30-40(32-54-49(42)35(5)63-8)59-23-21-58(22-24-59)39-17-18-39/h13-14,16,19,26-28,30,32,34-35,39,44,46,55H,9-12,15,17-18,20-25,29,31,33,53H2,1-8H3,(H,57,62)/b14-13-/t35?,44-,46?/m0/s1. The number of benzene rings is 1. The van der Waals surface area contributed by atoms with Gasteiger partial charge in [-0.25, -0.2) is 0 Å². The number of rotatable bonds is 17. The summed E-state index contributed by atoms with van der Waals surface area (Å²) in [4.78, 5) is 43.3. The summed E-state index contributed by atoms with van der Waals surface area (Å²) in [7, 11) is 1.77. The molecule has 3 aromatic heterocycles. The number of hydrogen-bond acceptors (Lipinski definition) is 10. The number of Topliss-reactive ketones (excluding diaryl/α,β-unsaturated/α-hetero) is 1. The molecular weight excluding hydrogens is 801 g/mol. The Morgan fingerprint density at radius 3 is 2.53 bits per heavy atom. The number of pyridine rings is 2. The van der Waals surface area contributed by atoms with Gasteiger partial charge in [0.25, 0.3) is 0 Å². The van der Waals surface area contributed by atoms with Gasteiger partial charge in [0, 0.05) is 93.0 Å². The van der Waals surface area contributed by atoms with Gasteiger partial charge in [0.2, 0.25) is 5.91 Å². The van der Waals surface area contributed by atoms with Crippen molar-refractivity contribution in [2.75, 3.05) is 57.9 Å². The number of aromatic nitrogens is 3. The maximum Gasteiger partial charge on any atom is 0.226 e. The molecule has 7 rings (SSSR count). The number of hydrazine groups is 1. The first-order valence-electron chi connectivity index (χ1n) is 24.0. The van der Waals surface area contributed by atoms with E-state index in [0.717, 1.165) is 97.5 Å². The van der Waals surface area contributed by atoms with Crippen molar-refractivity contribution in [3.05, 3.63) is 71.2 Å². The molecule has 4 N–H and O–H groups in total. The second kappa shape index (κ2) is 21.2. The Morgan fingerprint density at radius 2 is 1.84 bits per heavy atom. The Morgan fingerprint density at radius 1 is 1.06 bits per heavy atom. The number of fused-ring (bicyclic) bond motifs is 3. The number of amides is 1. The molecule has 1 saturated carbocycles. The first-order chi connectivity index (χ1) is 30.8. The molecule has 1 aromatic carbocycles. The third kappa shape index (κ3) is 11.1. The quantitative estimate of drug-likeness (QED) is 0.0540. The predicted molar refractivity (Wildman–Crippen MR) is 259 cm³/mol. The SMILES string of the molecule is CCn1c(-c2cc(N3CCN(C4CC4)CC3)cnc2C(C)OC)c(CC(C)(C)CC)c2cc(-c3cc4cc(n3)CC(C(=O)CCCCNN)NC(=O)[C@H](C(C)C)COC/C=C\4)ccc21. The van der Waals surface area contributed by atoms with E-state index in [1.165, 1.54) is 35.0 Å². The Balaban J connectivity index is 1.34. The zero-order valence-corrected chi connectivity index (χ0v) is 39.8. The minimum Gasteiger partial charge on any atom is -0.377 e. The van der Waals surface area contributed by atoms with Crippen LogP contribution < -0.4 is 21.5 Å². The van der Waals surface area contributed by atoms with E-state index in [2.05, 4.69) is 102 Å². The highest BCUT2D eigenvalue weighted by atomic mass is 16.5. The molecule has 0 spiro atoms. The number of nitrogens with one attached hydrogen (secondary N) is 2. The Bertz CT molecular complexity index is 2270. The van der Waals surface area contributed by atoms with Gasteiger partial charge in [0.15, 0.2) is 5.78 Å². The predicted octanol–water partition coefficient (Wildman–Crippen LogP) is 8.30. The van der Waals surface area contributed by atoms with Gasteiger partial charge in [-0.15, -0.1) is 0 Å². The van der Waals surface area contributed by atoms with Crippen LogP contribution in [-0.2, 0) is 38.4 Å². The summed E-state index contributed by atoms with van der Waals surface area (Å²) >= 11 is 0. The van der Waals surface area contributed by atoms with E-state index < -0.39 is 6.04 Å². The van der Waals surface area contributed by atoms with Crippen LogP contribution in [0.1, 0.15) is 116 Å². The minimum atomic E-state index is -0.721. The lowest BCUT2D eigenvalue weighted by molar-refractivity contribution is -0.132. The average Bonchev–Trinajstić information content (AvgIpc) is 4.10. The number of piperazine rings is 1. The molecule has 5 heterocycles. The number of ketones is 1. The van der Waals surface area contributed by atoms with Crippen molar-refractivity contribution in [3.63, 3.8) is 0 Å². The van der Waals surface area contributed by atoms with Crippen LogP contribution in [0.25, 0.3) is 39.5 Å². The third-order valence-corrected chi connectivity index (χ3v) is 14.0. The van der Waals surface area contributed by atoms with Crippen LogP contribution >= 0.6 is 0 Å². The minimum absolute atomic E-state index is 0.00719. The summed E-state index contributed by atoms with van der Waals surface area (Å²) in [5, 5.41) is 4.34. The number of hydrogen-bond donors (Lipinski definition) is 3. The van der Waals surface area contributed by atoms with Crippen LogP contribution in [0, 0.1) is 17.3 Å². The van der Waals surface area contributed by atoms with E-state index in [-0.39, 0.29) is 48.1 Å². The summed E-state index contributed by atoms with van der Waals surface area (Å²) < 4.78 is 14.5. The first-order valence-corrected chi connectivity index (χ1v) is 24.0. The largest absolute Gasteiger partial charge is 0.377 e. The van der Waals surface area contributed by atoms with Crippen molar-refractivity contribution in [1.29, 1.82) is 0 Å². The van der Waals surface area contributed by atoms with Gasteiger partial charge >= 0.3 is 0 Å². The number of carbonyl (C=O) groups excluding carboxylic acids is 2. The van der Waals surface area contributed by atoms with E-state index in [4.69, 9.17) is 25.3 Å². The van der Waals surface area contributed by atoms with Crippen LogP contribution in [0.2, 0.25) is 0 Å². The molecule has 2 bridgehead atoms. The number of ether oxygens (including phenoxy) is 2. The number of anilines is 1.